The second-order valence-corrected chi connectivity index (χ2v) is 8.11. The van der Waals surface area contributed by atoms with E-state index in [1.807, 2.05) is 54.6 Å². The quantitative estimate of drug-likeness (QED) is 0.318. The van der Waals surface area contributed by atoms with Gasteiger partial charge in [0.25, 0.3) is 5.91 Å². The van der Waals surface area contributed by atoms with Crippen molar-refractivity contribution in [3.8, 4) is 28.1 Å². The van der Waals surface area contributed by atoms with Crippen molar-refractivity contribution >= 4 is 11.9 Å². The van der Waals surface area contributed by atoms with Crippen LogP contribution in [0.4, 0.5) is 13.2 Å². The number of halogens is 3. The van der Waals surface area contributed by atoms with Crippen molar-refractivity contribution < 1.29 is 32.6 Å². The van der Waals surface area contributed by atoms with E-state index in [-0.39, 0.29) is 17.9 Å². The van der Waals surface area contributed by atoms with Gasteiger partial charge in [0.05, 0.1) is 5.69 Å². The highest BCUT2D eigenvalue weighted by Crippen LogP contribution is 2.26. The molecule has 37 heavy (non-hydrogen) atoms. The number of hydrogen-bond donors (Lipinski definition) is 2. The number of carboxylic acid groups (broad SMARTS) is 1. The molecule has 1 amide bonds. The lowest BCUT2D eigenvalue weighted by molar-refractivity contribution is -0.274. The summed E-state index contributed by atoms with van der Waals surface area (Å²) >= 11 is 0. The van der Waals surface area contributed by atoms with Crippen molar-refractivity contribution in [3.63, 3.8) is 0 Å². The zero-order valence-electron chi connectivity index (χ0n) is 19.3. The largest absolute Gasteiger partial charge is 0.573 e. The highest BCUT2D eigenvalue weighted by Gasteiger charge is 2.31. The molecule has 0 aliphatic carbocycles. The molecule has 0 unspecified atom stereocenters. The molecule has 6 nitrogen and oxygen atoms in total. The van der Waals surface area contributed by atoms with Crippen molar-refractivity contribution in [3.05, 3.63) is 108 Å². The second kappa shape index (κ2) is 10.9. The van der Waals surface area contributed by atoms with Crippen molar-refractivity contribution in [1.82, 2.24) is 10.3 Å². The summed E-state index contributed by atoms with van der Waals surface area (Å²) in [6, 6.07) is 25.5. The maximum Gasteiger partial charge on any atom is 0.573 e. The van der Waals surface area contributed by atoms with Crippen LogP contribution in [0.3, 0.4) is 0 Å². The summed E-state index contributed by atoms with van der Waals surface area (Å²) in [7, 11) is 0. The van der Waals surface area contributed by atoms with E-state index in [9.17, 15) is 27.9 Å². The molecule has 0 fully saturated rings. The Labute approximate surface area is 210 Å². The van der Waals surface area contributed by atoms with Gasteiger partial charge in [-0.05, 0) is 53.1 Å². The van der Waals surface area contributed by atoms with E-state index in [0.717, 1.165) is 28.8 Å². The van der Waals surface area contributed by atoms with E-state index in [0.29, 0.717) is 11.3 Å². The number of amides is 1. The van der Waals surface area contributed by atoms with E-state index in [2.05, 4.69) is 15.0 Å². The van der Waals surface area contributed by atoms with Crippen LogP contribution in [-0.2, 0) is 11.2 Å². The summed E-state index contributed by atoms with van der Waals surface area (Å²) in [5.74, 6) is -2.27. The second-order valence-electron chi connectivity index (χ2n) is 8.11. The summed E-state index contributed by atoms with van der Waals surface area (Å²) in [4.78, 5) is 28.9. The summed E-state index contributed by atoms with van der Waals surface area (Å²) in [6.45, 7) is 0. The normalized spacial score (nSPS) is 12.0. The number of carbonyl (C=O) groups excluding carboxylic acids is 1. The van der Waals surface area contributed by atoms with Gasteiger partial charge in [-0.3, -0.25) is 4.79 Å². The number of alkyl halides is 3. The van der Waals surface area contributed by atoms with Gasteiger partial charge in [-0.2, -0.15) is 0 Å². The molecule has 0 saturated heterocycles. The average Bonchev–Trinajstić information content (AvgIpc) is 2.89. The smallest absolute Gasteiger partial charge is 0.480 e. The maximum atomic E-state index is 12.8. The molecule has 1 heterocycles. The molecule has 9 heteroatoms. The molecule has 4 rings (SSSR count). The lowest BCUT2D eigenvalue weighted by Crippen LogP contribution is -2.42. The summed E-state index contributed by atoms with van der Waals surface area (Å²) < 4.78 is 41.0. The Morgan fingerprint density at radius 2 is 1.43 bits per heavy atom. The Balaban J connectivity index is 1.44. The molecule has 4 aromatic rings. The first kappa shape index (κ1) is 25.4. The molecule has 0 spiro atoms. The first-order valence-corrected chi connectivity index (χ1v) is 11.2. The van der Waals surface area contributed by atoms with E-state index >= 15 is 0 Å². The van der Waals surface area contributed by atoms with E-state index in [1.54, 1.807) is 12.1 Å². The van der Waals surface area contributed by atoms with Crippen LogP contribution >= 0.6 is 0 Å². The lowest BCUT2D eigenvalue weighted by Gasteiger charge is -2.15. The first-order valence-electron chi connectivity index (χ1n) is 11.2. The Kier molecular flexibility index (Phi) is 7.52. The van der Waals surface area contributed by atoms with Gasteiger partial charge < -0.3 is 15.2 Å². The molecule has 1 atom stereocenters. The molecule has 0 radical (unpaired) electrons. The molecule has 0 bridgehead atoms. The fourth-order valence-corrected chi connectivity index (χ4v) is 3.68. The Hall–Kier alpha value is -4.66. The Morgan fingerprint density at radius 3 is 2.05 bits per heavy atom. The van der Waals surface area contributed by atoms with Gasteiger partial charge in [0.15, 0.2) is 0 Å². The van der Waals surface area contributed by atoms with E-state index in [1.165, 1.54) is 18.2 Å². The topological polar surface area (TPSA) is 88.5 Å². The highest BCUT2D eigenvalue weighted by molar-refractivity contribution is 5.95. The minimum absolute atomic E-state index is 0.0289. The molecule has 0 saturated carbocycles. The first-order chi connectivity index (χ1) is 17.7. The SMILES string of the molecule is O=C(N[C@@H](Cc1ccc(-c2ccccc2)cc1)C(=O)O)c1cccc(-c2ccc(OC(F)(F)F)cc2)n1. The minimum Gasteiger partial charge on any atom is -0.480 e. The Bertz CT molecular complexity index is 1370. The van der Waals surface area contributed by atoms with Crippen LogP contribution in [0, 0.1) is 0 Å². The number of rotatable bonds is 8. The minimum atomic E-state index is -4.80. The zero-order chi connectivity index (χ0) is 26.4. The van der Waals surface area contributed by atoms with E-state index in [4.69, 9.17) is 0 Å². The van der Waals surface area contributed by atoms with Crippen LogP contribution in [-0.4, -0.2) is 34.4 Å². The monoisotopic (exact) mass is 506 g/mol. The van der Waals surface area contributed by atoms with Crippen LogP contribution in [0.2, 0.25) is 0 Å². The molecule has 188 valence electrons. The van der Waals surface area contributed by atoms with Crippen molar-refractivity contribution in [1.29, 1.82) is 0 Å². The van der Waals surface area contributed by atoms with Gasteiger partial charge in [-0.25, -0.2) is 9.78 Å². The number of pyridine rings is 1. The van der Waals surface area contributed by atoms with Gasteiger partial charge in [-0.1, -0.05) is 60.7 Å². The Morgan fingerprint density at radius 1 is 0.811 bits per heavy atom. The number of carboxylic acids is 1. The summed E-state index contributed by atoms with van der Waals surface area (Å²) in [6.07, 6.45) is -4.74. The van der Waals surface area contributed by atoms with Crippen molar-refractivity contribution in [2.75, 3.05) is 0 Å². The zero-order valence-corrected chi connectivity index (χ0v) is 19.3. The third-order valence-corrected chi connectivity index (χ3v) is 5.47. The van der Waals surface area contributed by atoms with Crippen LogP contribution in [0.1, 0.15) is 16.1 Å². The van der Waals surface area contributed by atoms with Gasteiger partial charge in [0.1, 0.15) is 17.5 Å². The van der Waals surface area contributed by atoms with Gasteiger partial charge in [0, 0.05) is 12.0 Å². The number of nitrogens with zero attached hydrogens (tertiary/aromatic N) is 1. The predicted molar refractivity (Wildman–Crippen MR) is 131 cm³/mol. The maximum absolute atomic E-state index is 12.8. The fourth-order valence-electron chi connectivity index (χ4n) is 3.68. The predicted octanol–water partition coefficient (Wildman–Crippen LogP) is 5.74. The molecule has 2 N–H and O–H groups in total. The summed E-state index contributed by atoms with van der Waals surface area (Å²) in [5.41, 5.74) is 3.51. The number of aromatic nitrogens is 1. The molecule has 3 aromatic carbocycles. The fraction of sp³-hybridized carbons (Fsp3) is 0.107. The molecule has 0 aliphatic heterocycles. The number of benzene rings is 3. The average molecular weight is 506 g/mol. The third-order valence-electron chi connectivity index (χ3n) is 5.47. The number of aliphatic carboxylic acids is 1. The number of nitrogens with one attached hydrogen (secondary N) is 1. The van der Waals surface area contributed by atoms with Gasteiger partial charge >= 0.3 is 12.3 Å². The number of ether oxygens (including phenoxy) is 1. The third kappa shape index (κ3) is 6.94. The van der Waals surface area contributed by atoms with Crippen LogP contribution in [0.5, 0.6) is 5.75 Å². The lowest BCUT2D eigenvalue weighted by atomic mass is 10.0. The molecular weight excluding hydrogens is 485 g/mol. The van der Waals surface area contributed by atoms with E-state index < -0.39 is 24.3 Å². The van der Waals surface area contributed by atoms with Crippen LogP contribution < -0.4 is 10.1 Å². The number of hydrogen-bond acceptors (Lipinski definition) is 4. The van der Waals surface area contributed by atoms with Crippen molar-refractivity contribution in [2.24, 2.45) is 0 Å². The summed E-state index contributed by atoms with van der Waals surface area (Å²) in [5, 5.41) is 12.2. The molecule has 1 aromatic heterocycles. The van der Waals surface area contributed by atoms with Crippen molar-refractivity contribution in [2.45, 2.75) is 18.8 Å². The van der Waals surface area contributed by atoms with Crippen LogP contribution in [0.15, 0.2) is 97.1 Å². The van der Waals surface area contributed by atoms with Gasteiger partial charge in [0.2, 0.25) is 0 Å². The number of carbonyl (C=O) groups is 2. The molecular formula is C28H21F3N2O4. The van der Waals surface area contributed by atoms with Crippen LogP contribution in [0.25, 0.3) is 22.4 Å². The van der Waals surface area contributed by atoms with Gasteiger partial charge in [-0.15, -0.1) is 13.2 Å². The highest BCUT2D eigenvalue weighted by atomic mass is 19.4. The molecule has 0 aliphatic rings. The standard InChI is InChI=1S/C28H21F3N2O4/c29-28(30,31)37-22-15-13-21(14-16-22)23-7-4-8-24(32-23)26(34)33-25(27(35)36)17-18-9-11-20(12-10-18)19-5-2-1-3-6-19/h1-16,25H,17H2,(H,33,34)(H,35,36)/t25-/m0/s1.